The summed E-state index contributed by atoms with van der Waals surface area (Å²) in [5.41, 5.74) is 1.77. The van der Waals surface area contributed by atoms with Crippen LogP contribution in [0.5, 0.6) is 0 Å². The summed E-state index contributed by atoms with van der Waals surface area (Å²) in [7, 11) is 0. The minimum absolute atomic E-state index is 0.330. The fraction of sp³-hybridized carbons (Fsp3) is 0.259. The minimum atomic E-state index is -1.21. The van der Waals surface area contributed by atoms with Gasteiger partial charge in [0.1, 0.15) is 18.1 Å². The van der Waals surface area contributed by atoms with Gasteiger partial charge in [-0.2, -0.15) is 0 Å². The van der Waals surface area contributed by atoms with E-state index in [1.807, 2.05) is 66.7 Å². The van der Waals surface area contributed by atoms with Crippen molar-refractivity contribution < 1.29 is 24.3 Å². The van der Waals surface area contributed by atoms with Crippen LogP contribution in [0.2, 0.25) is 0 Å². The number of hydrogen-bond acceptors (Lipinski definition) is 4. The van der Waals surface area contributed by atoms with Gasteiger partial charge in [0, 0.05) is 5.92 Å². The molecule has 0 saturated carbocycles. The monoisotopic (exact) mass is 456 g/mol. The summed E-state index contributed by atoms with van der Waals surface area (Å²) in [6, 6.07) is 20.2. The zero-order valence-electron chi connectivity index (χ0n) is 18.5. The van der Waals surface area contributed by atoms with E-state index in [1.165, 1.54) is 6.92 Å². The number of benzene rings is 3. The number of ketones is 1. The van der Waals surface area contributed by atoms with Crippen LogP contribution in [0.15, 0.2) is 72.8 Å². The van der Waals surface area contributed by atoms with E-state index in [1.54, 1.807) is 0 Å². The molecule has 3 aromatic carbocycles. The van der Waals surface area contributed by atoms with Gasteiger partial charge in [-0.3, -0.25) is 14.4 Å². The molecule has 5 atom stereocenters. The molecule has 2 saturated heterocycles. The van der Waals surface area contributed by atoms with Gasteiger partial charge < -0.3 is 15.3 Å². The molecule has 0 spiro atoms. The van der Waals surface area contributed by atoms with Crippen LogP contribution in [0.1, 0.15) is 24.0 Å². The van der Waals surface area contributed by atoms with Crippen molar-refractivity contribution in [2.75, 3.05) is 0 Å². The van der Waals surface area contributed by atoms with Gasteiger partial charge in [0.05, 0.1) is 5.92 Å². The largest absolute Gasteiger partial charge is 0.480 e. The zero-order chi connectivity index (χ0) is 24.0. The van der Waals surface area contributed by atoms with Crippen molar-refractivity contribution in [3.63, 3.8) is 0 Å². The molecular weight excluding hydrogens is 432 g/mol. The van der Waals surface area contributed by atoms with Gasteiger partial charge in [0.2, 0.25) is 11.8 Å². The first-order chi connectivity index (χ1) is 16.4. The fourth-order valence-electron chi connectivity index (χ4n) is 5.16. The van der Waals surface area contributed by atoms with Crippen molar-refractivity contribution >= 4 is 34.3 Å². The highest BCUT2D eigenvalue weighted by Crippen LogP contribution is 2.37. The van der Waals surface area contributed by atoms with E-state index < -0.39 is 41.8 Å². The van der Waals surface area contributed by atoms with E-state index in [0.717, 1.165) is 26.8 Å². The highest BCUT2D eigenvalue weighted by Gasteiger charge is 2.64. The van der Waals surface area contributed by atoms with E-state index in [4.69, 9.17) is 0 Å². The number of carbonyl (C=O) groups excluding carboxylic acids is 3. The van der Waals surface area contributed by atoms with E-state index in [2.05, 4.69) is 11.4 Å². The van der Waals surface area contributed by atoms with Gasteiger partial charge in [0.15, 0.2) is 5.78 Å². The first-order valence-corrected chi connectivity index (χ1v) is 11.3. The number of Topliss-reactive ketones (excluding diaryl/α,β-unsaturated/α-hetero) is 1. The second kappa shape index (κ2) is 8.41. The summed E-state index contributed by atoms with van der Waals surface area (Å²) >= 11 is 0. The summed E-state index contributed by atoms with van der Waals surface area (Å²) in [5, 5.41) is 14.4. The third-order valence-corrected chi connectivity index (χ3v) is 6.97. The molecule has 2 aliphatic heterocycles. The Kier molecular flexibility index (Phi) is 5.40. The number of rotatable bonds is 6. The maximum Gasteiger partial charge on any atom is 0.327 e. The number of β-lactam (4-membered cyclic amide) rings is 1. The first-order valence-electron chi connectivity index (χ1n) is 11.3. The third-order valence-electron chi connectivity index (χ3n) is 6.97. The quantitative estimate of drug-likeness (QED) is 0.555. The number of fused-ring (bicyclic) bond motifs is 2. The van der Waals surface area contributed by atoms with E-state index in [9.17, 15) is 24.3 Å². The molecule has 2 N–H and O–H groups in total. The number of nitrogens with one attached hydrogen (secondary N) is 1. The molecule has 4 unspecified atom stereocenters. The fourth-order valence-corrected chi connectivity index (χ4v) is 5.16. The molecule has 7 heteroatoms. The topological polar surface area (TPSA) is 104 Å². The lowest BCUT2D eigenvalue weighted by Gasteiger charge is -2.43. The minimum Gasteiger partial charge on any atom is -0.480 e. The second-order valence-electron chi connectivity index (χ2n) is 9.00. The highest BCUT2D eigenvalue weighted by molar-refractivity contribution is 6.11. The Morgan fingerprint density at radius 2 is 1.65 bits per heavy atom. The average Bonchev–Trinajstić information content (AvgIpc) is 3.09. The Hall–Kier alpha value is -4.00. The number of carboxylic acids is 1. The van der Waals surface area contributed by atoms with Crippen LogP contribution < -0.4 is 5.32 Å². The smallest absolute Gasteiger partial charge is 0.327 e. The van der Waals surface area contributed by atoms with Crippen LogP contribution in [-0.4, -0.2) is 51.7 Å². The van der Waals surface area contributed by atoms with E-state index in [-0.39, 0.29) is 11.7 Å². The lowest BCUT2D eigenvalue weighted by atomic mass is 9.88. The highest BCUT2D eigenvalue weighted by atomic mass is 16.4. The van der Waals surface area contributed by atoms with Crippen molar-refractivity contribution in [1.29, 1.82) is 0 Å². The number of carboxylic acid groups (broad SMARTS) is 1. The normalized spacial score (nSPS) is 24.4. The van der Waals surface area contributed by atoms with Gasteiger partial charge in [-0.15, -0.1) is 0 Å². The molecule has 7 nitrogen and oxygen atoms in total. The van der Waals surface area contributed by atoms with Gasteiger partial charge >= 0.3 is 5.97 Å². The lowest BCUT2D eigenvalue weighted by Crippen LogP contribution is -2.72. The summed E-state index contributed by atoms with van der Waals surface area (Å²) in [5.74, 6) is -3.81. The van der Waals surface area contributed by atoms with Crippen molar-refractivity contribution in [3.05, 3.63) is 83.9 Å². The Balaban J connectivity index is 1.40. The zero-order valence-corrected chi connectivity index (χ0v) is 18.5. The molecule has 34 heavy (non-hydrogen) atoms. The number of aliphatic carboxylic acids is 1. The molecule has 0 aliphatic carbocycles. The summed E-state index contributed by atoms with van der Waals surface area (Å²) in [6.07, 6.45) is 0.415. The average molecular weight is 456 g/mol. The molecule has 3 aromatic rings. The van der Waals surface area contributed by atoms with Crippen LogP contribution in [0.4, 0.5) is 0 Å². The molecule has 2 fully saturated rings. The summed E-state index contributed by atoms with van der Waals surface area (Å²) in [4.78, 5) is 51.5. The van der Waals surface area contributed by atoms with Crippen LogP contribution >= 0.6 is 0 Å². The van der Waals surface area contributed by atoms with Gasteiger partial charge in [-0.05, 0) is 28.3 Å². The molecule has 172 valence electrons. The number of carbonyl (C=O) groups is 4. The maximum absolute atomic E-state index is 13.4. The van der Waals surface area contributed by atoms with Crippen LogP contribution in [0, 0.1) is 5.92 Å². The Bertz CT molecular complexity index is 1300. The SMILES string of the molecule is CC1C(=O)[C@@H]2C(NC(=O)C(Cc3ccc4ccccc4c3)c3ccccc3)C(=O)N2C1C(=O)O. The van der Waals surface area contributed by atoms with Crippen LogP contribution in [0.3, 0.4) is 0 Å². The third kappa shape index (κ3) is 3.53. The lowest BCUT2D eigenvalue weighted by molar-refractivity contribution is -0.162. The number of amides is 2. The van der Waals surface area contributed by atoms with Crippen molar-refractivity contribution in [3.8, 4) is 0 Å². The second-order valence-corrected chi connectivity index (χ2v) is 9.00. The van der Waals surface area contributed by atoms with Gasteiger partial charge in [-0.25, -0.2) is 4.79 Å². The molecular formula is C27H24N2O5. The van der Waals surface area contributed by atoms with E-state index in [0.29, 0.717) is 6.42 Å². The summed E-state index contributed by atoms with van der Waals surface area (Å²) in [6.45, 7) is 1.51. The van der Waals surface area contributed by atoms with Crippen LogP contribution in [0.25, 0.3) is 10.8 Å². The first kappa shape index (κ1) is 21.8. The Labute approximate surface area is 196 Å². The predicted molar refractivity (Wildman–Crippen MR) is 125 cm³/mol. The number of nitrogens with zero attached hydrogens (tertiary/aromatic N) is 1. The van der Waals surface area contributed by atoms with Crippen molar-refractivity contribution in [1.82, 2.24) is 10.2 Å². The molecule has 2 amide bonds. The molecule has 0 radical (unpaired) electrons. The van der Waals surface area contributed by atoms with Gasteiger partial charge in [0.25, 0.3) is 0 Å². The number of hydrogen-bond donors (Lipinski definition) is 2. The molecule has 2 heterocycles. The maximum atomic E-state index is 13.4. The Morgan fingerprint density at radius 1 is 0.971 bits per heavy atom. The molecule has 0 bridgehead atoms. The predicted octanol–water partition coefficient (Wildman–Crippen LogP) is 2.53. The van der Waals surface area contributed by atoms with Crippen LogP contribution in [-0.2, 0) is 25.6 Å². The summed E-state index contributed by atoms with van der Waals surface area (Å²) < 4.78 is 0. The Morgan fingerprint density at radius 3 is 2.35 bits per heavy atom. The van der Waals surface area contributed by atoms with Crippen molar-refractivity contribution in [2.45, 2.75) is 37.4 Å². The van der Waals surface area contributed by atoms with Crippen molar-refractivity contribution in [2.24, 2.45) is 5.92 Å². The standard InChI is InChI=1S/C27H24N2O5/c1-15-22(27(33)34)29-23(24(15)30)21(26(29)32)28-25(31)20(18-8-3-2-4-9-18)14-16-11-12-17-7-5-6-10-19(17)13-16/h2-13,15,20-23H,14H2,1H3,(H,28,31)(H,33,34)/t15?,20?,21?,22?,23-/m0/s1. The van der Waals surface area contributed by atoms with E-state index >= 15 is 0 Å². The van der Waals surface area contributed by atoms with Gasteiger partial charge in [-0.1, -0.05) is 79.7 Å². The molecule has 0 aromatic heterocycles. The molecule has 5 rings (SSSR count). The molecule has 2 aliphatic rings.